The van der Waals surface area contributed by atoms with E-state index in [1.54, 1.807) is 13.2 Å². The Morgan fingerprint density at radius 2 is 1.95 bits per heavy atom. The molecule has 0 spiro atoms. The summed E-state index contributed by atoms with van der Waals surface area (Å²) in [6, 6.07) is 5.41. The predicted molar refractivity (Wildman–Crippen MR) is 82.8 cm³/mol. The van der Waals surface area contributed by atoms with Crippen LogP contribution >= 0.6 is 0 Å². The number of nitrogens with one attached hydrogen (secondary N) is 1. The van der Waals surface area contributed by atoms with Gasteiger partial charge in [0.15, 0.2) is 11.5 Å². The molecule has 0 saturated heterocycles. The van der Waals surface area contributed by atoms with E-state index >= 15 is 0 Å². The molecule has 1 atom stereocenters. The van der Waals surface area contributed by atoms with Crippen molar-refractivity contribution in [2.75, 3.05) is 27.4 Å². The van der Waals surface area contributed by atoms with Crippen LogP contribution in [-0.4, -0.2) is 43.1 Å². The average Bonchev–Trinajstić information content (AvgIpc) is 2.54. The molecule has 1 aromatic carbocycles. The standard InChI is InChI=1S/C16H27NO4/c1-16(12-19,17-2)8-4-5-9-21-14-7-6-13(11-18)10-15(14)20-3/h6-7,10,17-19H,4-5,8-9,11-12H2,1-3H3. The van der Waals surface area contributed by atoms with Gasteiger partial charge in [0.05, 0.1) is 26.9 Å². The van der Waals surface area contributed by atoms with Crippen molar-refractivity contribution >= 4 is 0 Å². The van der Waals surface area contributed by atoms with Crippen LogP contribution in [0.25, 0.3) is 0 Å². The van der Waals surface area contributed by atoms with E-state index in [9.17, 15) is 5.11 Å². The normalized spacial score (nSPS) is 13.8. The third-order valence-corrected chi connectivity index (χ3v) is 3.74. The van der Waals surface area contributed by atoms with Crippen molar-refractivity contribution in [1.82, 2.24) is 5.32 Å². The average molecular weight is 297 g/mol. The van der Waals surface area contributed by atoms with Gasteiger partial charge in [0, 0.05) is 5.54 Å². The Balaban J connectivity index is 2.39. The van der Waals surface area contributed by atoms with Crippen LogP contribution in [0.4, 0.5) is 0 Å². The van der Waals surface area contributed by atoms with E-state index in [2.05, 4.69) is 5.32 Å². The van der Waals surface area contributed by atoms with Gasteiger partial charge in [-0.25, -0.2) is 0 Å². The van der Waals surface area contributed by atoms with Gasteiger partial charge in [-0.3, -0.25) is 0 Å². The molecule has 1 aromatic rings. The molecule has 0 fully saturated rings. The SMILES string of the molecule is CNC(C)(CO)CCCCOc1ccc(CO)cc1OC. The van der Waals surface area contributed by atoms with Gasteiger partial charge < -0.3 is 25.0 Å². The van der Waals surface area contributed by atoms with Crippen molar-refractivity contribution in [2.24, 2.45) is 0 Å². The lowest BCUT2D eigenvalue weighted by molar-refractivity contribution is 0.168. The van der Waals surface area contributed by atoms with E-state index in [-0.39, 0.29) is 18.8 Å². The van der Waals surface area contributed by atoms with Crippen LogP contribution in [0.5, 0.6) is 11.5 Å². The zero-order valence-corrected chi connectivity index (χ0v) is 13.2. The molecule has 120 valence electrons. The van der Waals surface area contributed by atoms with Crippen molar-refractivity contribution in [3.8, 4) is 11.5 Å². The zero-order chi connectivity index (χ0) is 15.7. The Bertz CT molecular complexity index is 419. The van der Waals surface area contributed by atoms with Gasteiger partial charge >= 0.3 is 0 Å². The number of hydrogen-bond donors (Lipinski definition) is 3. The Labute approximate surface area is 126 Å². The van der Waals surface area contributed by atoms with Crippen LogP contribution in [0, 0.1) is 0 Å². The van der Waals surface area contributed by atoms with Crippen LogP contribution in [0.2, 0.25) is 0 Å². The summed E-state index contributed by atoms with van der Waals surface area (Å²) in [5.41, 5.74) is 0.576. The number of aliphatic hydroxyl groups is 2. The van der Waals surface area contributed by atoms with Gasteiger partial charge in [-0.15, -0.1) is 0 Å². The van der Waals surface area contributed by atoms with Crippen molar-refractivity contribution in [3.63, 3.8) is 0 Å². The van der Waals surface area contributed by atoms with Crippen molar-refractivity contribution in [3.05, 3.63) is 23.8 Å². The first-order valence-electron chi connectivity index (χ1n) is 7.29. The maximum Gasteiger partial charge on any atom is 0.161 e. The maximum absolute atomic E-state index is 9.31. The lowest BCUT2D eigenvalue weighted by atomic mass is 9.96. The monoisotopic (exact) mass is 297 g/mol. The molecule has 1 rings (SSSR count). The van der Waals surface area contributed by atoms with Gasteiger partial charge in [-0.05, 0) is 50.9 Å². The van der Waals surface area contributed by atoms with E-state index in [4.69, 9.17) is 14.6 Å². The molecule has 0 aromatic heterocycles. The number of benzene rings is 1. The Morgan fingerprint density at radius 1 is 1.19 bits per heavy atom. The molecular weight excluding hydrogens is 270 g/mol. The van der Waals surface area contributed by atoms with Crippen LogP contribution in [0.15, 0.2) is 18.2 Å². The van der Waals surface area contributed by atoms with Crippen molar-refractivity contribution in [2.45, 2.75) is 38.3 Å². The number of hydrogen-bond acceptors (Lipinski definition) is 5. The zero-order valence-electron chi connectivity index (χ0n) is 13.2. The second-order valence-electron chi connectivity index (χ2n) is 5.42. The molecule has 0 aliphatic carbocycles. The number of likely N-dealkylation sites (N-methyl/N-ethyl adjacent to an activating group) is 1. The number of unbranched alkanes of at least 4 members (excludes halogenated alkanes) is 1. The molecule has 5 nitrogen and oxygen atoms in total. The van der Waals surface area contributed by atoms with Gasteiger partial charge in [0.2, 0.25) is 0 Å². The number of aliphatic hydroxyl groups excluding tert-OH is 2. The van der Waals surface area contributed by atoms with Crippen LogP contribution in [0.1, 0.15) is 31.7 Å². The lowest BCUT2D eigenvalue weighted by Crippen LogP contribution is -2.43. The first kappa shape index (κ1) is 17.8. The minimum Gasteiger partial charge on any atom is -0.493 e. The molecule has 1 unspecified atom stereocenters. The van der Waals surface area contributed by atoms with Crippen LogP contribution in [-0.2, 0) is 6.61 Å². The Morgan fingerprint density at radius 3 is 2.52 bits per heavy atom. The molecule has 0 radical (unpaired) electrons. The Hall–Kier alpha value is -1.30. The van der Waals surface area contributed by atoms with Crippen molar-refractivity contribution in [1.29, 1.82) is 0 Å². The number of methoxy groups -OCH3 is 1. The summed E-state index contributed by atoms with van der Waals surface area (Å²) in [5, 5.41) is 21.5. The second kappa shape index (κ2) is 8.87. The summed E-state index contributed by atoms with van der Waals surface area (Å²) in [7, 11) is 3.45. The minimum absolute atomic E-state index is 0.0135. The third kappa shape index (κ3) is 5.53. The highest BCUT2D eigenvalue weighted by Gasteiger charge is 2.19. The van der Waals surface area contributed by atoms with Crippen LogP contribution in [0.3, 0.4) is 0 Å². The van der Waals surface area contributed by atoms with Gasteiger partial charge in [0.1, 0.15) is 0 Å². The molecule has 3 N–H and O–H groups in total. The molecule has 0 amide bonds. The minimum atomic E-state index is -0.222. The molecule has 0 aliphatic rings. The fourth-order valence-electron chi connectivity index (χ4n) is 2.01. The first-order valence-corrected chi connectivity index (χ1v) is 7.29. The number of rotatable bonds is 10. The largest absolute Gasteiger partial charge is 0.493 e. The first-order chi connectivity index (χ1) is 10.1. The summed E-state index contributed by atoms with van der Waals surface area (Å²) >= 11 is 0. The highest BCUT2D eigenvalue weighted by Crippen LogP contribution is 2.28. The highest BCUT2D eigenvalue weighted by molar-refractivity contribution is 5.42. The Kier molecular flexibility index (Phi) is 7.50. The number of ether oxygens (including phenoxy) is 2. The van der Waals surface area contributed by atoms with Crippen LogP contribution < -0.4 is 14.8 Å². The van der Waals surface area contributed by atoms with Crippen molar-refractivity contribution < 1.29 is 19.7 Å². The van der Waals surface area contributed by atoms with E-state index in [0.717, 1.165) is 24.8 Å². The molecule has 21 heavy (non-hydrogen) atoms. The topological polar surface area (TPSA) is 71.0 Å². The molecular formula is C16H27NO4. The summed E-state index contributed by atoms with van der Waals surface area (Å²) in [4.78, 5) is 0. The molecule has 0 heterocycles. The molecule has 0 aliphatic heterocycles. The predicted octanol–water partition coefficient (Wildman–Crippen LogP) is 1.71. The summed E-state index contributed by atoms with van der Waals surface area (Å²) in [5.74, 6) is 1.32. The third-order valence-electron chi connectivity index (χ3n) is 3.74. The fraction of sp³-hybridized carbons (Fsp3) is 0.625. The van der Waals surface area contributed by atoms with E-state index < -0.39 is 0 Å². The second-order valence-corrected chi connectivity index (χ2v) is 5.42. The molecule has 0 saturated carbocycles. The van der Waals surface area contributed by atoms with E-state index in [1.165, 1.54) is 0 Å². The summed E-state index contributed by atoms with van der Waals surface area (Å²) in [6.45, 7) is 2.71. The van der Waals surface area contributed by atoms with E-state index in [0.29, 0.717) is 18.1 Å². The highest BCUT2D eigenvalue weighted by atomic mass is 16.5. The van der Waals surface area contributed by atoms with Gasteiger partial charge in [-0.1, -0.05) is 6.07 Å². The van der Waals surface area contributed by atoms with E-state index in [1.807, 2.05) is 26.1 Å². The summed E-state index contributed by atoms with van der Waals surface area (Å²) in [6.07, 6.45) is 2.76. The molecule has 0 bridgehead atoms. The fourth-order valence-corrected chi connectivity index (χ4v) is 2.01. The summed E-state index contributed by atoms with van der Waals surface area (Å²) < 4.78 is 11.0. The molecule has 5 heteroatoms. The smallest absolute Gasteiger partial charge is 0.161 e. The van der Waals surface area contributed by atoms with Gasteiger partial charge in [-0.2, -0.15) is 0 Å². The maximum atomic E-state index is 9.31. The van der Waals surface area contributed by atoms with Gasteiger partial charge in [0.25, 0.3) is 0 Å². The quantitative estimate of drug-likeness (QED) is 0.574. The lowest BCUT2D eigenvalue weighted by Gasteiger charge is -2.26.